The molecule has 0 unspecified atom stereocenters. The van der Waals surface area contributed by atoms with Gasteiger partial charge >= 0.3 is 0 Å². The monoisotopic (exact) mass is 379 g/mol. The predicted octanol–water partition coefficient (Wildman–Crippen LogP) is 4.87. The van der Waals surface area contributed by atoms with E-state index in [1.54, 1.807) is 43.3 Å². The van der Waals surface area contributed by atoms with E-state index in [4.69, 9.17) is 11.6 Å². The van der Waals surface area contributed by atoms with Gasteiger partial charge in [0.05, 0.1) is 0 Å². The molecule has 3 aromatic rings. The third kappa shape index (κ3) is 3.17. The fraction of sp³-hybridized carbons (Fsp3) is 0.118. The zero-order valence-electron chi connectivity index (χ0n) is 13.0. The molecule has 0 spiro atoms. The van der Waals surface area contributed by atoms with Crippen molar-refractivity contribution in [2.45, 2.75) is 18.1 Å². The van der Waals surface area contributed by atoms with Crippen LogP contribution in [-0.4, -0.2) is 14.2 Å². The molecule has 124 valence electrons. The van der Waals surface area contributed by atoms with E-state index < -0.39 is 10.0 Å². The molecule has 2 aromatic carbocycles. The number of hydrogen-bond donors (Lipinski definition) is 1. The zero-order chi connectivity index (χ0) is 17.5. The van der Waals surface area contributed by atoms with Crippen LogP contribution in [0.2, 0.25) is 5.02 Å². The highest BCUT2D eigenvalue weighted by atomic mass is 35.5. The number of sulfonamides is 1. The highest BCUT2D eigenvalue weighted by Gasteiger charge is 2.22. The van der Waals surface area contributed by atoms with Crippen molar-refractivity contribution in [1.29, 1.82) is 0 Å². The number of Topliss-reactive ketones (excluding diaryl/α,β-unsaturated/α-hetero) is 1. The average Bonchev–Trinajstić information content (AvgIpc) is 2.85. The number of carbonyl (C=O) groups excluding carboxylic acids is 1. The number of nitrogens with one attached hydrogen (secondary N) is 1. The summed E-state index contributed by atoms with van der Waals surface area (Å²) >= 11 is 7.20. The molecule has 0 aliphatic carbocycles. The predicted molar refractivity (Wildman–Crippen MR) is 98.8 cm³/mol. The van der Waals surface area contributed by atoms with E-state index in [2.05, 4.69) is 4.72 Å². The molecule has 0 fully saturated rings. The minimum absolute atomic E-state index is 0.0679. The minimum Gasteiger partial charge on any atom is -0.295 e. The van der Waals surface area contributed by atoms with Gasteiger partial charge in [-0.25, -0.2) is 8.42 Å². The van der Waals surface area contributed by atoms with Crippen molar-refractivity contribution in [2.75, 3.05) is 4.72 Å². The summed E-state index contributed by atoms with van der Waals surface area (Å²) in [5.74, 6) is -0.0679. The van der Waals surface area contributed by atoms with Gasteiger partial charge in [0.15, 0.2) is 5.78 Å². The number of thiophene rings is 1. The van der Waals surface area contributed by atoms with Crippen molar-refractivity contribution in [3.63, 3.8) is 0 Å². The van der Waals surface area contributed by atoms with Gasteiger partial charge in [-0.15, -0.1) is 11.3 Å². The van der Waals surface area contributed by atoms with Crippen LogP contribution < -0.4 is 4.72 Å². The van der Waals surface area contributed by atoms with E-state index in [0.717, 1.165) is 10.1 Å². The number of benzene rings is 2. The quantitative estimate of drug-likeness (QED) is 0.658. The maximum Gasteiger partial charge on any atom is 0.271 e. The maximum absolute atomic E-state index is 12.7. The number of halogens is 1. The standard InChI is InChI=1S/C17H14ClNO3S2/c1-10-15-9-13(18)5-8-16(15)23-17(10)24(21,22)19-14-6-3-12(4-7-14)11(2)20/h3-9,19H,1-2H3. The summed E-state index contributed by atoms with van der Waals surface area (Å²) in [6, 6.07) is 11.7. The van der Waals surface area contributed by atoms with Gasteiger partial charge in [0.2, 0.25) is 0 Å². The molecule has 7 heteroatoms. The second kappa shape index (κ2) is 6.20. The number of anilines is 1. The van der Waals surface area contributed by atoms with Crippen molar-refractivity contribution in [3.8, 4) is 0 Å². The van der Waals surface area contributed by atoms with E-state index in [1.807, 2.05) is 6.07 Å². The summed E-state index contributed by atoms with van der Waals surface area (Å²) in [4.78, 5) is 11.3. The Kier molecular flexibility index (Phi) is 4.38. The first-order chi connectivity index (χ1) is 11.3. The molecule has 1 N–H and O–H groups in total. The molecule has 0 saturated carbocycles. The Morgan fingerprint density at radius 1 is 1.12 bits per heavy atom. The molecule has 3 rings (SSSR count). The van der Waals surface area contributed by atoms with Gasteiger partial charge in [-0.3, -0.25) is 9.52 Å². The van der Waals surface area contributed by atoms with E-state index in [1.165, 1.54) is 18.3 Å². The van der Waals surface area contributed by atoms with E-state index in [0.29, 0.717) is 21.8 Å². The summed E-state index contributed by atoms with van der Waals surface area (Å²) < 4.78 is 29.1. The fourth-order valence-corrected chi connectivity index (χ4v) is 5.38. The normalized spacial score (nSPS) is 11.6. The highest BCUT2D eigenvalue weighted by Crippen LogP contribution is 2.36. The molecule has 0 aliphatic rings. The fourth-order valence-electron chi connectivity index (χ4n) is 2.40. The lowest BCUT2D eigenvalue weighted by Crippen LogP contribution is -2.12. The van der Waals surface area contributed by atoms with Gasteiger partial charge in [-0.1, -0.05) is 11.6 Å². The van der Waals surface area contributed by atoms with Crippen LogP contribution in [0.25, 0.3) is 10.1 Å². The Balaban J connectivity index is 1.98. The molecule has 0 atom stereocenters. The minimum atomic E-state index is -3.71. The van der Waals surface area contributed by atoms with Crippen molar-refractivity contribution >= 4 is 54.5 Å². The number of hydrogen-bond acceptors (Lipinski definition) is 4. The summed E-state index contributed by atoms with van der Waals surface area (Å²) in [6.45, 7) is 3.23. The molecule has 0 bridgehead atoms. The number of rotatable bonds is 4. The second-order valence-electron chi connectivity index (χ2n) is 5.39. The maximum atomic E-state index is 12.7. The van der Waals surface area contributed by atoms with Crippen LogP contribution in [-0.2, 0) is 10.0 Å². The number of aryl methyl sites for hydroxylation is 1. The van der Waals surface area contributed by atoms with Gasteiger partial charge in [0.25, 0.3) is 10.0 Å². The van der Waals surface area contributed by atoms with Gasteiger partial charge in [-0.05, 0) is 67.3 Å². The average molecular weight is 380 g/mol. The van der Waals surface area contributed by atoms with Crippen LogP contribution >= 0.6 is 22.9 Å². The van der Waals surface area contributed by atoms with E-state index in [9.17, 15) is 13.2 Å². The van der Waals surface area contributed by atoms with Crippen molar-refractivity contribution in [1.82, 2.24) is 0 Å². The smallest absolute Gasteiger partial charge is 0.271 e. The second-order valence-corrected chi connectivity index (χ2v) is 8.76. The van der Waals surface area contributed by atoms with Crippen molar-refractivity contribution in [2.24, 2.45) is 0 Å². The summed E-state index contributed by atoms with van der Waals surface area (Å²) in [6.07, 6.45) is 0. The molecule has 1 aromatic heterocycles. The van der Waals surface area contributed by atoms with Gasteiger partial charge in [0, 0.05) is 21.0 Å². The first-order valence-electron chi connectivity index (χ1n) is 7.10. The third-order valence-electron chi connectivity index (χ3n) is 3.64. The molecule has 0 amide bonds. The first-order valence-corrected chi connectivity index (χ1v) is 9.78. The van der Waals surface area contributed by atoms with Crippen LogP contribution in [0, 0.1) is 6.92 Å². The van der Waals surface area contributed by atoms with Crippen LogP contribution in [0.4, 0.5) is 5.69 Å². The van der Waals surface area contributed by atoms with Crippen LogP contribution in [0.1, 0.15) is 22.8 Å². The Morgan fingerprint density at radius 2 is 1.79 bits per heavy atom. The lowest BCUT2D eigenvalue weighted by Gasteiger charge is -2.07. The summed E-state index contributed by atoms with van der Waals surface area (Å²) in [7, 11) is -3.71. The molecule has 1 heterocycles. The molecule has 0 aliphatic heterocycles. The number of ketones is 1. The SMILES string of the molecule is CC(=O)c1ccc(NS(=O)(=O)c2sc3ccc(Cl)cc3c2C)cc1. The summed E-state index contributed by atoms with van der Waals surface area (Å²) in [5, 5.41) is 1.40. The molecule has 4 nitrogen and oxygen atoms in total. The molecule has 0 saturated heterocycles. The molecular formula is C17H14ClNO3S2. The molecule has 24 heavy (non-hydrogen) atoms. The van der Waals surface area contributed by atoms with E-state index >= 15 is 0 Å². The van der Waals surface area contributed by atoms with Crippen molar-refractivity contribution in [3.05, 3.63) is 58.6 Å². The Labute approximate surface area is 149 Å². The lowest BCUT2D eigenvalue weighted by molar-refractivity contribution is 0.101. The summed E-state index contributed by atoms with van der Waals surface area (Å²) in [5.41, 5.74) is 1.62. The molecule has 0 radical (unpaired) electrons. The van der Waals surface area contributed by atoms with Gasteiger partial charge in [-0.2, -0.15) is 0 Å². The Bertz CT molecular complexity index is 1040. The number of carbonyl (C=O) groups is 1. The van der Waals surface area contributed by atoms with Crippen LogP contribution in [0.15, 0.2) is 46.7 Å². The first kappa shape index (κ1) is 17.0. The van der Waals surface area contributed by atoms with Gasteiger partial charge < -0.3 is 0 Å². The van der Waals surface area contributed by atoms with E-state index in [-0.39, 0.29) is 9.99 Å². The van der Waals surface area contributed by atoms with Crippen LogP contribution in [0.5, 0.6) is 0 Å². The number of fused-ring (bicyclic) bond motifs is 1. The highest BCUT2D eigenvalue weighted by molar-refractivity contribution is 7.94. The van der Waals surface area contributed by atoms with Crippen LogP contribution in [0.3, 0.4) is 0 Å². The Morgan fingerprint density at radius 3 is 2.42 bits per heavy atom. The topological polar surface area (TPSA) is 63.2 Å². The largest absolute Gasteiger partial charge is 0.295 e. The van der Waals surface area contributed by atoms with Crippen molar-refractivity contribution < 1.29 is 13.2 Å². The molecular weight excluding hydrogens is 366 g/mol. The van der Waals surface area contributed by atoms with Gasteiger partial charge in [0.1, 0.15) is 4.21 Å². The lowest BCUT2D eigenvalue weighted by atomic mass is 10.1. The Hall–Kier alpha value is -1.89. The third-order valence-corrected chi connectivity index (χ3v) is 7.15. The zero-order valence-corrected chi connectivity index (χ0v) is 15.3.